The van der Waals surface area contributed by atoms with Gasteiger partial charge in [-0.25, -0.2) is 0 Å². The number of thiocarbonyl (C=S) groups is 1. The third-order valence-electron chi connectivity index (χ3n) is 3.25. The molecule has 1 aliphatic rings. The van der Waals surface area contributed by atoms with Gasteiger partial charge in [-0.1, -0.05) is 22.0 Å². The molecule has 0 fully saturated rings. The fraction of sp³-hybridized carbons (Fsp3) is 0.125. The summed E-state index contributed by atoms with van der Waals surface area (Å²) in [7, 11) is 0. The molecule has 24 heavy (non-hydrogen) atoms. The first-order valence-corrected chi connectivity index (χ1v) is 8.26. The molecule has 3 N–H and O–H groups in total. The van der Waals surface area contributed by atoms with Crippen LogP contribution in [0.3, 0.4) is 0 Å². The predicted molar refractivity (Wildman–Crippen MR) is 98.5 cm³/mol. The average molecular weight is 408 g/mol. The van der Waals surface area contributed by atoms with Crippen LogP contribution >= 0.6 is 28.1 Å². The SMILES string of the molecule is Oc1ccc(Br)cc1/C=N/NC(=S)NCc1ccc2c(c1)OCO2. The van der Waals surface area contributed by atoms with Crippen LogP contribution in [0.2, 0.25) is 0 Å². The van der Waals surface area contributed by atoms with Gasteiger partial charge in [-0.05, 0) is 48.1 Å². The average Bonchev–Trinajstić information content (AvgIpc) is 3.04. The highest BCUT2D eigenvalue weighted by molar-refractivity contribution is 9.10. The molecule has 0 saturated heterocycles. The highest BCUT2D eigenvalue weighted by Crippen LogP contribution is 2.32. The number of fused-ring (bicyclic) bond motifs is 1. The molecule has 0 bridgehead atoms. The number of phenolic OH excluding ortho intramolecular Hbond substituents is 1. The first kappa shape index (κ1) is 16.5. The molecule has 2 aromatic carbocycles. The monoisotopic (exact) mass is 407 g/mol. The zero-order valence-corrected chi connectivity index (χ0v) is 14.9. The van der Waals surface area contributed by atoms with Gasteiger partial charge in [0.2, 0.25) is 6.79 Å². The Labute approximate surface area is 152 Å². The lowest BCUT2D eigenvalue weighted by Gasteiger charge is -2.08. The van der Waals surface area contributed by atoms with E-state index in [1.54, 1.807) is 18.2 Å². The van der Waals surface area contributed by atoms with Crippen LogP contribution in [0.1, 0.15) is 11.1 Å². The van der Waals surface area contributed by atoms with Crippen molar-refractivity contribution in [3.63, 3.8) is 0 Å². The van der Waals surface area contributed by atoms with Crippen molar-refractivity contribution >= 4 is 39.5 Å². The van der Waals surface area contributed by atoms with Crippen molar-refractivity contribution in [2.75, 3.05) is 6.79 Å². The number of benzene rings is 2. The number of hydrogen-bond donors (Lipinski definition) is 3. The van der Waals surface area contributed by atoms with Crippen molar-refractivity contribution in [2.24, 2.45) is 5.10 Å². The molecular formula is C16H14BrN3O3S. The van der Waals surface area contributed by atoms with Gasteiger partial charge in [-0.15, -0.1) is 0 Å². The van der Waals surface area contributed by atoms with Crippen molar-refractivity contribution in [1.29, 1.82) is 0 Å². The highest BCUT2D eigenvalue weighted by Gasteiger charge is 2.12. The highest BCUT2D eigenvalue weighted by atomic mass is 79.9. The topological polar surface area (TPSA) is 75.1 Å². The van der Waals surface area contributed by atoms with Gasteiger partial charge in [-0.2, -0.15) is 5.10 Å². The van der Waals surface area contributed by atoms with Gasteiger partial charge in [0.05, 0.1) is 6.21 Å². The maximum Gasteiger partial charge on any atom is 0.231 e. The number of ether oxygens (including phenoxy) is 2. The molecule has 0 radical (unpaired) electrons. The maximum atomic E-state index is 9.72. The second-order valence-electron chi connectivity index (χ2n) is 4.94. The number of rotatable bonds is 4. The minimum absolute atomic E-state index is 0.142. The van der Waals surface area contributed by atoms with E-state index in [1.165, 1.54) is 6.21 Å². The number of halogens is 1. The van der Waals surface area contributed by atoms with Crippen LogP contribution in [-0.2, 0) is 6.54 Å². The van der Waals surface area contributed by atoms with Crippen LogP contribution in [0.25, 0.3) is 0 Å². The van der Waals surface area contributed by atoms with Gasteiger partial charge >= 0.3 is 0 Å². The molecule has 0 saturated carbocycles. The van der Waals surface area contributed by atoms with E-state index >= 15 is 0 Å². The lowest BCUT2D eigenvalue weighted by atomic mass is 10.2. The Morgan fingerprint density at radius 3 is 2.96 bits per heavy atom. The third-order valence-corrected chi connectivity index (χ3v) is 3.98. The summed E-state index contributed by atoms with van der Waals surface area (Å²) in [4.78, 5) is 0. The molecule has 0 atom stereocenters. The first-order chi connectivity index (χ1) is 11.6. The van der Waals surface area contributed by atoms with E-state index in [9.17, 15) is 5.11 Å². The smallest absolute Gasteiger partial charge is 0.231 e. The van der Waals surface area contributed by atoms with Crippen LogP contribution in [0.4, 0.5) is 0 Å². The predicted octanol–water partition coefficient (Wildman–Crippen LogP) is 2.88. The molecule has 0 aromatic heterocycles. The van der Waals surface area contributed by atoms with Gasteiger partial charge < -0.3 is 19.9 Å². The van der Waals surface area contributed by atoms with Gasteiger partial charge in [0, 0.05) is 16.6 Å². The van der Waals surface area contributed by atoms with Crippen molar-refractivity contribution in [2.45, 2.75) is 6.54 Å². The van der Waals surface area contributed by atoms with Gasteiger partial charge in [-0.3, -0.25) is 5.43 Å². The normalized spacial score (nSPS) is 12.4. The molecule has 0 amide bonds. The van der Waals surface area contributed by atoms with Crippen LogP contribution < -0.4 is 20.2 Å². The first-order valence-electron chi connectivity index (χ1n) is 7.06. The molecule has 124 valence electrons. The molecule has 0 unspecified atom stereocenters. The lowest BCUT2D eigenvalue weighted by Crippen LogP contribution is -2.31. The Morgan fingerprint density at radius 2 is 2.08 bits per heavy atom. The Morgan fingerprint density at radius 1 is 1.25 bits per heavy atom. The minimum Gasteiger partial charge on any atom is -0.507 e. The number of phenols is 1. The molecule has 3 rings (SSSR count). The van der Waals surface area contributed by atoms with E-state index in [-0.39, 0.29) is 12.5 Å². The van der Waals surface area contributed by atoms with Crippen molar-refractivity contribution < 1.29 is 14.6 Å². The fourth-order valence-corrected chi connectivity index (χ4v) is 2.57. The quantitative estimate of drug-likeness (QED) is 0.411. The van der Waals surface area contributed by atoms with E-state index in [0.29, 0.717) is 17.2 Å². The Bertz CT molecular complexity index is 798. The molecule has 0 spiro atoms. The van der Waals surface area contributed by atoms with Crippen molar-refractivity contribution in [3.8, 4) is 17.2 Å². The largest absolute Gasteiger partial charge is 0.507 e. The number of hydrazone groups is 1. The standard InChI is InChI=1S/C16H14BrN3O3S/c17-12-2-3-13(21)11(6-12)8-19-20-16(24)18-7-10-1-4-14-15(5-10)23-9-22-14/h1-6,8,21H,7,9H2,(H2,18,20,24)/b19-8+. The third kappa shape index (κ3) is 4.15. The van der Waals surface area contributed by atoms with Crippen molar-refractivity contribution in [1.82, 2.24) is 10.7 Å². The van der Waals surface area contributed by atoms with Gasteiger partial charge in [0.1, 0.15) is 5.75 Å². The Balaban J connectivity index is 1.51. The van der Waals surface area contributed by atoms with E-state index in [4.69, 9.17) is 21.7 Å². The summed E-state index contributed by atoms with van der Waals surface area (Å²) >= 11 is 8.50. The molecule has 6 nitrogen and oxygen atoms in total. The van der Waals surface area contributed by atoms with Gasteiger partial charge in [0.15, 0.2) is 16.6 Å². The number of hydrogen-bond acceptors (Lipinski definition) is 5. The zero-order valence-electron chi connectivity index (χ0n) is 12.5. The molecular weight excluding hydrogens is 394 g/mol. The second-order valence-corrected chi connectivity index (χ2v) is 6.27. The van der Waals surface area contributed by atoms with Crippen LogP contribution in [0.15, 0.2) is 46.0 Å². The summed E-state index contributed by atoms with van der Waals surface area (Å²) < 4.78 is 11.5. The van der Waals surface area contributed by atoms with Gasteiger partial charge in [0.25, 0.3) is 0 Å². The van der Waals surface area contributed by atoms with E-state index in [0.717, 1.165) is 21.5 Å². The maximum absolute atomic E-state index is 9.72. The Kier molecular flexibility index (Phi) is 5.17. The molecule has 8 heteroatoms. The number of aromatic hydroxyl groups is 1. The summed E-state index contributed by atoms with van der Waals surface area (Å²) in [6.07, 6.45) is 1.49. The fourth-order valence-electron chi connectivity index (χ4n) is 2.06. The lowest BCUT2D eigenvalue weighted by molar-refractivity contribution is 0.174. The second kappa shape index (κ2) is 7.50. The summed E-state index contributed by atoms with van der Waals surface area (Å²) in [5.41, 5.74) is 4.30. The van der Waals surface area contributed by atoms with E-state index in [2.05, 4.69) is 31.8 Å². The Hall–Kier alpha value is -2.32. The number of nitrogens with one attached hydrogen (secondary N) is 2. The van der Waals surface area contributed by atoms with E-state index in [1.807, 2.05) is 18.2 Å². The molecule has 1 heterocycles. The molecule has 0 aliphatic carbocycles. The zero-order chi connectivity index (χ0) is 16.9. The molecule has 2 aromatic rings. The van der Waals surface area contributed by atoms with Crippen molar-refractivity contribution in [3.05, 3.63) is 52.0 Å². The summed E-state index contributed by atoms with van der Waals surface area (Å²) in [6, 6.07) is 10.8. The van der Waals surface area contributed by atoms with Crippen LogP contribution in [-0.4, -0.2) is 23.2 Å². The summed E-state index contributed by atoms with van der Waals surface area (Å²) in [6.45, 7) is 0.781. The summed E-state index contributed by atoms with van der Waals surface area (Å²) in [5, 5.41) is 17.1. The summed E-state index contributed by atoms with van der Waals surface area (Å²) in [5.74, 6) is 1.62. The number of nitrogens with zero attached hydrogens (tertiary/aromatic N) is 1. The van der Waals surface area contributed by atoms with Crippen LogP contribution in [0.5, 0.6) is 17.2 Å². The molecule has 1 aliphatic heterocycles. The van der Waals surface area contributed by atoms with Crippen LogP contribution in [0, 0.1) is 0 Å². The van der Waals surface area contributed by atoms with E-state index < -0.39 is 0 Å². The minimum atomic E-state index is 0.142.